The molecule has 4 heterocycles. The second-order valence-corrected chi connectivity index (χ2v) is 12.3. The molecule has 3 fully saturated rings. The fourth-order valence-corrected chi connectivity index (χ4v) is 6.93. The van der Waals surface area contributed by atoms with Crippen molar-refractivity contribution >= 4 is 27.6 Å². The van der Waals surface area contributed by atoms with Gasteiger partial charge in [0.15, 0.2) is 0 Å². The van der Waals surface area contributed by atoms with Crippen LogP contribution >= 0.6 is 11.3 Å². The van der Waals surface area contributed by atoms with Gasteiger partial charge >= 0.3 is 12.1 Å². The van der Waals surface area contributed by atoms with E-state index in [0.717, 1.165) is 55.5 Å². The van der Waals surface area contributed by atoms with Gasteiger partial charge in [-0.2, -0.15) is 0 Å². The lowest BCUT2D eigenvalue weighted by atomic mass is 9.80. The van der Waals surface area contributed by atoms with Gasteiger partial charge in [-0.25, -0.2) is 19.7 Å². The zero-order valence-corrected chi connectivity index (χ0v) is 22.1. The van der Waals surface area contributed by atoms with Gasteiger partial charge in [-0.05, 0) is 63.6 Å². The summed E-state index contributed by atoms with van der Waals surface area (Å²) in [6.45, 7) is 8.68. The van der Waals surface area contributed by atoms with Crippen LogP contribution in [0.5, 0.6) is 6.01 Å². The first-order valence-corrected chi connectivity index (χ1v) is 13.6. The summed E-state index contributed by atoms with van der Waals surface area (Å²) in [6, 6.07) is 7.61. The molecule has 1 saturated carbocycles. The normalized spacial score (nSPS) is 26.2. The molecular weight excluding hydrogens is 474 g/mol. The number of thiazole rings is 1. The van der Waals surface area contributed by atoms with E-state index in [1.165, 1.54) is 9.71 Å². The third kappa shape index (κ3) is 4.43. The Balaban J connectivity index is 1.08. The van der Waals surface area contributed by atoms with Crippen LogP contribution in [-0.2, 0) is 4.74 Å². The molecule has 2 aromatic heterocycles. The quantitative estimate of drug-likeness (QED) is 0.494. The summed E-state index contributed by atoms with van der Waals surface area (Å²) in [6.07, 6.45) is 6.80. The highest BCUT2D eigenvalue weighted by Gasteiger charge is 2.48. The molecule has 36 heavy (non-hydrogen) atoms. The Morgan fingerprint density at radius 1 is 1.11 bits per heavy atom. The van der Waals surface area contributed by atoms with Crippen LogP contribution in [0.2, 0.25) is 0 Å². The zero-order chi connectivity index (χ0) is 25.0. The molecule has 6 rings (SSSR count). The number of ether oxygens (including phenoxy) is 2. The van der Waals surface area contributed by atoms with E-state index >= 15 is 0 Å². The molecule has 1 aliphatic carbocycles. The average molecular weight is 508 g/mol. The van der Waals surface area contributed by atoms with Gasteiger partial charge < -0.3 is 14.4 Å². The number of aromatic nitrogens is 3. The van der Waals surface area contributed by atoms with Gasteiger partial charge in [0.05, 0.1) is 28.4 Å². The highest BCUT2D eigenvalue weighted by molar-refractivity contribution is 7.18. The van der Waals surface area contributed by atoms with E-state index < -0.39 is 5.60 Å². The molecule has 1 aromatic carbocycles. The largest absolute Gasteiger partial charge is 0.467 e. The van der Waals surface area contributed by atoms with Crippen LogP contribution in [0.1, 0.15) is 51.0 Å². The van der Waals surface area contributed by atoms with E-state index in [0.29, 0.717) is 29.9 Å². The van der Waals surface area contributed by atoms with Gasteiger partial charge in [0.25, 0.3) is 0 Å². The van der Waals surface area contributed by atoms with Crippen molar-refractivity contribution in [3.63, 3.8) is 0 Å². The Morgan fingerprint density at radius 3 is 2.61 bits per heavy atom. The van der Waals surface area contributed by atoms with Crippen molar-refractivity contribution in [2.45, 2.75) is 63.6 Å². The molecule has 2 atom stereocenters. The van der Waals surface area contributed by atoms with Crippen molar-refractivity contribution in [2.75, 3.05) is 26.7 Å². The summed E-state index contributed by atoms with van der Waals surface area (Å²) in [5, 5.41) is 1.24. The van der Waals surface area contributed by atoms with Crippen molar-refractivity contribution in [3.8, 4) is 17.1 Å². The minimum absolute atomic E-state index is 0.154. The third-order valence-electron chi connectivity index (χ3n) is 7.73. The molecule has 2 aliphatic heterocycles. The Hall–Kier alpha value is -2.78. The molecular formula is C27H33N5O3S. The number of methoxy groups -OCH3 is 1. The van der Waals surface area contributed by atoms with Crippen LogP contribution in [0.15, 0.2) is 30.6 Å². The molecule has 0 unspecified atom stereocenters. The third-order valence-corrected chi connectivity index (χ3v) is 8.91. The summed E-state index contributed by atoms with van der Waals surface area (Å²) in [7, 11) is 1.57. The molecule has 0 N–H and O–H groups in total. The summed E-state index contributed by atoms with van der Waals surface area (Å²) < 4.78 is 11.9. The van der Waals surface area contributed by atoms with Gasteiger partial charge in [0.1, 0.15) is 5.60 Å². The summed E-state index contributed by atoms with van der Waals surface area (Å²) >= 11 is 1.80. The molecule has 3 aromatic rings. The molecule has 9 heteroatoms. The van der Waals surface area contributed by atoms with E-state index in [2.05, 4.69) is 33.1 Å². The van der Waals surface area contributed by atoms with Crippen molar-refractivity contribution < 1.29 is 14.3 Å². The molecule has 2 saturated heterocycles. The maximum atomic E-state index is 12.7. The van der Waals surface area contributed by atoms with Gasteiger partial charge in [0.2, 0.25) is 0 Å². The first-order chi connectivity index (χ1) is 17.3. The van der Waals surface area contributed by atoms with E-state index in [1.807, 2.05) is 25.7 Å². The van der Waals surface area contributed by atoms with Crippen LogP contribution < -0.4 is 4.74 Å². The molecule has 0 bridgehead atoms. The minimum atomic E-state index is -0.449. The standard InChI is InChI=1S/C27H33N5O3S/c1-27(2,3)35-26(33)32-8-7-17-14-31(15-22(17)32)20-9-18(10-20)24-30-21-6-5-16(11-23(21)36-24)19-12-28-25(34-4)29-13-19/h5-6,11-13,17-18,20,22H,7-10,14-15H2,1-4H3/t17-,18?,20?,22+/m1/s1. The summed E-state index contributed by atoms with van der Waals surface area (Å²) in [5.41, 5.74) is 2.66. The number of fused-ring (bicyclic) bond motifs is 2. The molecule has 8 nitrogen and oxygen atoms in total. The number of rotatable bonds is 4. The minimum Gasteiger partial charge on any atom is -0.467 e. The van der Waals surface area contributed by atoms with Crippen molar-refractivity contribution in [1.29, 1.82) is 0 Å². The Labute approximate surface area is 215 Å². The van der Waals surface area contributed by atoms with Gasteiger partial charge in [-0.3, -0.25) is 4.90 Å². The first kappa shape index (κ1) is 23.6. The predicted octanol–water partition coefficient (Wildman–Crippen LogP) is 4.95. The number of nitrogens with zero attached hydrogens (tertiary/aromatic N) is 5. The van der Waals surface area contributed by atoms with E-state index in [-0.39, 0.29) is 6.09 Å². The van der Waals surface area contributed by atoms with E-state index in [1.54, 1.807) is 30.8 Å². The molecule has 0 spiro atoms. The number of likely N-dealkylation sites (tertiary alicyclic amines) is 2. The average Bonchev–Trinajstić information content (AvgIpc) is 3.50. The molecule has 190 valence electrons. The zero-order valence-electron chi connectivity index (χ0n) is 21.3. The van der Waals surface area contributed by atoms with Gasteiger partial charge in [-0.15, -0.1) is 11.3 Å². The number of benzene rings is 1. The number of amides is 1. The van der Waals surface area contributed by atoms with Crippen LogP contribution in [0, 0.1) is 5.92 Å². The smallest absolute Gasteiger partial charge is 0.410 e. The Kier molecular flexibility index (Phi) is 5.87. The second-order valence-electron chi connectivity index (χ2n) is 11.3. The van der Waals surface area contributed by atoms with Crippen LogP contribution in [-0.4, -0.2) is 75.3 Å². The van der Waals surface area contributed by atoms with Crippen LogP contribution in [0.25, 0.3) is 21.3 Å². The molecule has 1 amide bonds. The van der Waals surface area contributed by atoms with Gasteiger partial charge in [-0.1, -0.05) is 6.07 Å². The number of hydrogen-bond acceptors (Lipinski definition) is 8. The van der Waals surface area contributed by atoms with Crippen molar-refractivity contribution in [3.05, 3.63) is 35.6 Å². The molecule has 3 aliphatic rings. The van der Waals surface area contributed by atoms with E-state index in [4.69, 9.17) is 14.5 Å². The van der Waals surface area contributed by atoms with Crippen LogP contribution in [0.4, 0.5) is 4.79 Å². The van der Waals surface area contributed by atoms with Gasteiger partial charge in [0, 0.05) is 49.6 Å². The maximum Gasteiger partial charge on any atom is 0.410 e. The van der Waals surface area contributed by atoms with Crippen molar-refractivity contribution in [2.24, 2.45) is 5.92 Å². The predicted molar refractivity (Wildman–Crippen MR) is 139 cm³/mol. The Morgan fingerprint density at radius 2 is 1.89 bits per heavy atom. The fourth-order valence-electron chi connectivity index (χ4n) is 5.79. The number of carbonyl (C=O) groups is 1. The maximum absolute atomic E-state index is 12.7. The highest BCUT2D eigenvalue weighted by Crippen LogP contribution is 2.45. The Bertz CT molecular complexity index is 1260. The topological polar surface area (TPSA) is 80.7 Å². The fraction of sp³-hybridized carbons (Fsp3) is 0.556. The van der Waals surface area contributed by atoms with Crippen molar-refractivity contribution in [1.82, 2.24) is 24.8 Å². The number of hydrogen-bond donors (Lipinski definition) is 0. The number of carbonyl (C=O) groups excluding carboxylic acids is 1. The second kappa shape index (κ2) is 8.95. The summed E-state index contributed by atoms with van der Waals surface area (Å²) in [4.78, 5) is 30.7. The monoisotopic (exact) mass is 507 g/mol. The summed E-state index contributed by atoms with van der Waals surface area (Å²) in [5.74, 6) is 1.09. The SMILES string of the molecule is COc1ncc(-c2ccc3nc(C4CC(N5C[C@H]6CCN(C(=O)OC(C)(C)C)[C@H]6C5)C4)sc3c2)cn1. The lowest BCUT2D eigenvalue weighted by Crippen LogP contribution is -2.46. The van der Waals surface area contributed by atoms with Crippen LogP contribution in [0.3, 0.4) is 0 Å². The first-order valence-electron chi connectivity index (χ1n) is 12.8. The lowest BCUT2D eigenvalue weighted by Gasteiger charge is -2.41. The van der Waals surface area contributed by atoms with E-state index in [9.17, 15) is 4.79 Å². The highest BCUT2D eigenvalue weighted by atomic mass is 32.1. The molecule has 0 radical (unpaired) electrons. The lowest BCUT2D eigenvalue weighted by molar-refractivity contribution is 0.0204.